The molecule has 0 radical (unpaired) electrons. The van der Waals surface area contributed by atoms with Crippen molar-refractivity contribution in [3.8, 4) is 0 Å². The zero-order chi connectivity index (χ0) is 25.6. The van der Waals surface area contributed by atoms with Gasteiger partial charge in [0.15, 0.2) is 0 Å². The lowest BCUT2D eigenvalue weighted by atomic mass is 9.59. The normalized spacial score (nSPS) is 22.9. The van der Waals surface area contributed by atoms with Crippen molar-refractivity contribution in [2.24, 2.45) is 0 Å². The Labute approximate surface area is 216 Å². The van der Waals surface area contributed by atoms with Crippen LogP contribution in [0.5, 0.6) is 0 Å². The van der Waals surface area contributed by atoms with E-state index in [1.54, 1.807) is 49.4 Å². The number of anilines is 1. The number of carbonyl (C=O) groups excluding carboxylic acids is 3. The number of nitrogens with zero attached hydrogens (tertiary/aromatic N) is 1. The van der Waals surface area contributed by atoms with Gasteiger partial charge in [-0.2, -0.15) is 0 Å². The number of halogens is 3. The van der Waals surface area contributed by atoms with Crippen molar-refractivity contribution < 1.29 is 23.5 Å². The Morgan fingerprint density at radius 2 is 1.78 bits per heavy atom. The van der Waals surface area contributed by atoms with Crippen LogP contribution in [0, 0.1) is 5.82 Å². The van der Waals surface area contributed by atoms with Crippen LogP contribution in [-0.4, -0.2) is 24.5 Å². The summed E-state index contributed by atoms with van der Waals surface area (Å²) in [6.45, 7) is 1.69. The van der Waals surface area contributed by atoms with Gasteiger partial charge in [-0.05, 0) is 60.0 Å². The summed E-state index contributed by atoms with van der Waals surface area (Å²) in [5.41, 5.74) is 0.321. The molecular formula is C27H21Cl2FN2O4. The predicted molar refractivity (Wildman–Crippen MR) is 134 cm³/mol. The quantitative estimate of drug-likeness (QED) is 0.459. The van der Waals surface area contributed by atoms with Crippen LogP contribution in [-0.2, 0) is 19.7 Å². The summed E-state index contributed by atoms with van der Waals surface area (Å²) in [6, 6.07) is 16.5. The van der Waals surface area contributed by atoms with Crippen LogP contribution < -0.4 is 10.2 Å². The van der Waals surface area contributed by atoms with E-state index in [0.29, 0.717) is 26.7 Å². The number of fused-ring (bicyclic) bond motifs is 2. The van der Waals surface area contributed by atoms with Crippen LogP contribution in [0.15, 0.2) is 66.7 Å². The van der Waals surface area contributed by atoms with Crippen molar-refractivity contribution in [3.63, 3.8) is 0 Å². The zero-order valence-electron chi connectivity index (χ0n) is 19.1. The molecule has 0 aliphatic carbocycles. The fraction of sp³-hybridized carbons (Fsp3) is 0.222. The first kappa shape index (κ1) is 24.3. The van der Waals surface area contributed by atoms with E-state index in [4.69, 9.17) is 27.9 Å². The van der Waals surface area contributed by atoms with E-state index >= 15 is 0 Å². The maximum Gasteiger partial charge on any atom is 0.421 e. The molecule has 1 N–H and O–H groups in total. The van der Waals surface area contributed by atoms with Gasteiger partial charge in [0.1, 0.15) is 11.2 Å². The van der Waals surface area contributed by atoms with E-state index in [9.17, 15) is 18.8 Å². The van der Waals surface area contributed by atoms with Crippen LogP contribution in [0.2, 0.25) is 10.0 Å². The summed E-state index contributed by atoms with van der Waals surface area (Å²) in [5, 5.41) is 3.73. The molecule has 3 aromatic rings. The minimum Gasteiger partial charge on any atom is -0.449 e. The highest BCUT2D eigenvalue weighted by atomic mass is 35.5. The van der Waals surface area contributed by atoms with Gasteiger partial charge in [-0.3, -0.25) is 9.59 Å². The van der Waals surface area contributed by atoms with E-state index in [2.05, 4.69) is 5.32 Å². The molecule has 0 saturated carbocycles. The topological polar surface area (TPSA) is 75.7 Å². The Balaban J connectivity index is 1.83. The van der Waals surface area contributed by atoms with Gasteiger partial charge in [-0.15, -0.1) is 0 Å². The summed E-state index contributed by atoms with van der Waals surface area (Å²) in [5.74, 6) is -2.13. The molecule has 0 bridgehead atoms. The van der Waals surface area contributed by atoms with Crippen molar-refractivity contribution in [2.75, 3.05) is 11.5 Å². The van der Waals surface area contributed by atoms with Crippen molar-refractivity contribution in [1.29, 1.82) is 0 Å². The first-order valence-electron chi connectivity index (χ1n) is 11.4. The van der Waals surface area contributed by atoms with Gasteiger partial charge in [-0.25, -0.2) is 14.1 Å². The summed E-state index contributed by atoms with van der Waals surface area (Å²) < 4.78 is 19.6. The molecule has 2 aliphatic heterocycles. The van der Waals surface area contributed by atoms with Crippen LogP contribution in [0.4, 0.5) is 14.9 Å². The molecule has 184 valence electrons. The van der Waals surface area contributed by atoms with Gasteiger partial charge in [0, 0.05) is 22.4 Å². The minimum atomic E-state index is -1.50. The highest BCUT2D eigenvalue weighted by Gasteiger charge is 2.64. The molecule has 2 heterocycles. The molecule has 6 nitrogen and oxygen atoms in total. The maximum atomic E-state index is 14.5. The number of piperidine rings is 1. The van der Waals surface area contributed by atoms with Gasteiger partial charge in [0.25, 0.3) is 0 Å². The summed E-state index contributed by atoms with van der Waals surface area (Å²) in [6.07, 6.45) is -0.898. The predicted octanol–water partition coefficient (Wildman–Crippen LogP) is 5.92. The smallest absolute Gasteiger partial charge is 0.421 e. The molecule has 0 aromatic heterocycles. The molecular weight excluding hydrogens is 506 g/mol. The first-order valence-corrected chi connectivity index (χ1v) is 12.1. The van der Waals surface area contributed by atoms with Gasteiger partial charge in [0.2, 0.25) is 11.8 Å². The molecule has 1 saturated heterocycles. The lowest BCUT2D eigenvalue weighted by molar-refractivity contribution is -0.132. The largest absolute Gasteiger partial charge is 0.449 e. The SMILES string of the molecule is CCOC(=O)N1C(=O)[C@]2(c3ccc(Cl)cc31)[C@@H](c1ccc(Cl)cc1)CC(=O)N[C@H]2c1cccc(F)c1. The molecule has 3 amide bonds. The molecule has 9 heteroatoms. The number of hydrogen-bond acceptors (Lipinski definition) is 4. The molecule has 5 rings (SSSR count). The second-order valence-corrected chi connectivity index (χ2v) is 9.61. The van der Waals surface area contributed by atoms with Crippen LogP contribution >= 0.6 is 23.2 Å². The Morgan fingerprint density at radius 1 is 1.06 bits per heavy atom. The molecule has 3 atom stereocenters. The van der Waals surface area contributed by atoms with Crippen LogP contribution in [0.25, 0.3) is 0 Å². The Morgan fingerprint density at radius 3 is 2.47 bits per heavy atom. The van der Waals surface area contributed by atoms with E-state index < -0.39 is 35.2 Å². The molecule has 1 fully saturated rings. The Hall–Kier alpha value is -3.42. The standard InChI is InChI=1S/C27H21Cl2FN2O4/c1-2-36-26(35)32-22-13-18(29)10-11-20(22)27(25(32)34)21(15-6-8-17(28)9-7-15)14-23(33)31-24(27)16-4-3-5-19(30)12-16/h3-13,21,24H,2,14H2,1H3,(H,31,33)/t21-,24+,27-/m1/s1. The number of nitrogens with one attached hydrogen (secondary N) is 1. The number of imide groups is 1. The van der Waals surface area contributed by atoms with E-state index in [1.807, 2.05) is 0 Å². The summed E-state index contributed by atoms with van der Waals surface area (Å²) in [4.78, 5) is 41.6. The van der Waals surface area contributed by atoms with E-state index in [-0.39, 0.29) is 24.6 Å². The fourth-order valence-corrected chi connectivity index (χ4v) is 5.72. The number of rotatable bonds is 3. The van der Waals surface area contributed by atoms with Crippen molar-refractivity contribution >= 4 is 46.8 Å². The monoisotopic (exact) mass is 526 g/mol. The number of ether oxygens (including phenoxy) is 1. The van der Waals surface area contributed by atoms with Gasteiger partial charge in [-0.1, -0.05) is 53.5 Å². The first-order chi connectivity index (χ1) is 17.3. The molecule has 3 aromatic carbocycles. The molecule has 2 aliphatic rings. The van der Waals surface area contributed by atoms with Crippen LogP contribution in [0.1, 0.15) is 42.0 Å². The average molecular weight is 527 g/mol. The second-order valence-electron chi connectivity index (χ2n) is 8.73. The minimum absolute atomic E-state index is 0.0437. The van der Waals surface area contributed by atoms with Gasteiger partial charge >= 0.3 is 6.09 Å². The number of benzene rings is 3. The third-order valence-corrected chi connectivity index (χ3v) is 7.30. The zero-order valence-corrected chi connectivity index (χ0v) is 20.6. The van der Waals surface area contributed by atoms with E-state index in [0.717, 1.165) is 4.90 Å². The van der Waals surface area contributed by atoms with Crippen LogP contribution in [0.3, 0.4) is 0 Å². The third-order valence-electron chi connectivity index (χ3n) is 6.81. The van der Waals surface area contributed by atoms with Crippen molar-refractivity contribution in [2.45, 2.75) is 30.7 Å². The number of amides is 3. The molecule has 36 heavy (non-hydrogen) atoms. The lowest BCUT2D eigenvalue weighted by Gasteiger charge is -2.46. The highest BCUT2D eigenvalue weighted by Crippen LogP contribution is 2.59. The summed E-state index contributed by atoms with van der Waals surface area (Å²) >= 11 is 12.4. The lowest BCUT2D eigenvalue weighted by Crippen LogP contribution is -2.58. The Kier molecular flexibility index (Phi) is 6.22. The average Bonchev–Trinajstić information content (AvgIpc) is 3.09. The number of carbonyl (C=O) groups is 3. The fourth-order valence-electron chi connectivity index (χ4n) is 5.42. The van der Waals surface area contributed by atoms with Crippen molar-refractivity contribution in [3.05, 3.63) is 99.3 Å². The Bertz CT molecular complexity index is 1380. The second kappa shape index (κ2) is 9.22. The molecule has 0 unspecified atom stereocenters. The van der Waals surface area contributed by atoms with Crippen molar-refractivity contribution in [1.82, 2.24) is 5.32 Å². The van der Waals surface area contributed by atoms with Gasteiger partial charge < -0.3 is 10.1 Å². The summed E-state index contributed by atoms with van der Waals surface area (Å²) in [7, 11) is 0. The number of hydrogen-bond donors (Lipinski definition) is 1. The molecule has 1 spiro atoms. The third kappa shape index (κ3) is 3.74. The highest BCUT2D eigenvalue weighted by molar-refractivity contribution is 6.32. The van der Waals surface area contributed by atoms with Gasteiger partial charge in [0.05, 0.1) is 18.3 Å². The van der Waals surface area contributed by atoms with E-state index in [1.165, 1.54) is 24.3 Å². The maximum absolute atomic E-state index is 14.5.